The van der Waals surface area contributed by atoms with Crippen LogP contribution in [0.3, 0.4) is 0 Å². The van der Waals surface area contributed by atoms with Gasteiger partial charge in [-0.2, -0.15) is 15.0 Å². The highest BCUT2D eigenvalue weighted by Gasteiger charge is 2.28. The molecule has 1 unspecified atom stereocenters. The third-order valence-corrected chi connectivity index (χ3v) is 4.38. The fourth-order valence-electron chi connectivity index (χ4n) is 3.37. The van der Waals surface area contributed by atoms with Crippen molar-refractivity contribution < 1.29 is 9.47 Å². The van der Waals surface area contributed by atoms with Crippen molar-refractivity contribution in [1.29, 1.82) is 0 Å². The van der Waals surface area contributed by atoms with Crippen LogP contribution in [0.25, 0.3) is 0 Å². The topological polar surface area (TPSA) is 112 Å². The standard InChI is InChI=1S/C16H20N6O2/c17-15-19-14(20-16(18)21-15)9-22-5-1-2-11(22)10-3-4-12-13(8-10)24-7-6-23-12/h3-4,8,11H,1-2,5-7,9H2,(H4,17,18,19,20,21). The molecule has 2 aromatic rings. The highest BCUT2D eigenvalue weighted by Crippen LogP contribution is 2.38. The van der Waals surface area contributed by atoms with E-state index in [4.69, 9.17) is 20.9 Å². The maximum atomic E-state index is 5.70. The van der Waals surface area contributed by atoms with E-state index in [0.29, 0.717) is 31.6 Å². The quantitative estimate of drug-likeness (QED) is 0.862. The van der Waals surface area contributed by atoms with Gasteiger partial charge in [-0.1, -0.05) is 6.07 Å². The van der Waals surface area contributed by atoms with Crippen LogP contribution in [0.5, 0.6) is 11.5 Å². The average molecular weight is 328 g/mol. The first-order chi connectivity index (χ1) is 11.7. The van der Waals surface area contributed by atoms with Crippen molar-refractivity contribution in [1.82, 2.24) is 19.9 Å². The average Bonchev–Trinajstić information content (AvgIpc) is 3.01. The zero-order valence-corrected chi connectivity index (χ0v) is 13.3. The molecule has 1 aromatic carbocycles. The fourth-order valence-corrected chi connectivity index (χ4v) is 3.37. The van der Waals surface area contributed by atoms with Gasteiger partial charge in [-0.05, 0) is 37.1 Å². The Morgan fingerprint density at radius 1 is 1.04 bits per heavy atom. The van der Waals surface area contributed by atoms with Crippen LogP contribution in [0.4, 0.5) is 11.9 Å². The molecular formula is C16H20N6O2. The van der Waals surface area contributed by atoms with Crippen molar-refractivity contribution in [2.75, 3.05) is 31.2 Å². The number of nitrogens with two attached hydrogens (primary N) is 2. The summed E-state index contributed by atoms with van der Waals surface area (Å²) in [4.78, 5) is 14.5. The number of likely N-dealkylation sites (tertiary alicyclic amines) is 1. The Labute approximate surface area is 139 Å². The number of hydrogen-bond donors (Lipinski definition) is 2. The van der Waals surface area contributed by atoms with Gasteiger partial charge in [0.05, 0.1) is 6.54 Å². The van der Waals surface area contributed by atoms with Gasteiger partial charge in [-0.25, -0.2) is 0 Å². The molecule has 0 spiro atoms. The van der Waals surface area contributed by atoms with Crippen LogP contribution < -0.4 is 20.9 Å². The van der Waals surface area contributed by atoms with Gasteiger partial charge < -0.3 is 20.9 Å². The smallest absolute Gasteiger partial charge is 0.225 e. The monoisotopic (exact) mass is 328 g/mol. The van der Waals surface area contributed by atoms with Crippen molar-refractivity contribution >= 4 is 11.9 Å². The van der Waals surface area contributed by atoms with Crippen LogP contribution in [-0.2, 0) is 6.54 Å². The summed E-state index contributed by atoms with van der Waals surface area (Å²) < 4.78 is 11.3. The Bertz CT molecular complexity index is 733. The van der Waals surface area contributed by atoms with E-state index in [1.807, 2.05) is 6.07 Å². The van der Waals surface area contributed by atoms with Crippen LogP contribution in [0.15, 0.2) is 18.2 Å². The lowest BCUT2D eigenvalue weighted by molar-refractivity contribution is 0.170. The summed E-state index contributed by atoms with van der Waals surface area (Å²) in [6.45, 7) is 2.76. The molecule has 1 atom stereocenters. The van der Waals surface area contributed by atoms with Crippen molar-refractivity contribution in [2.24, 2.45) is 0 Å². The minimum absolute atomic E-state index is 0.160. The zero-order chi connectivity index (χ0) is 16.5. The number of nitrogen functional groups attached to an aromatic ring is 2. The van der Waals surface area contributed by atoms with Gasteiger partial charge in [0.1, 0.15) is 19.0 Å². The second-order valence-electron chi connectivity index (χ2n) is 6.00. The molecule has 0 saturated carbocycles. The van der Waals surface area contributed by atoms with Gasteiger partial charge >= 0.3 is 0 Å². The van der Waals surface area contributed by atoms with E-state index < -0.39 is 0 Å². The number of aromatic nitrogens is 3. The Kier molecular flexibility index (Phi) is 3.81. The molecule has 4 rings (SSSR count). The van der Waals surface area contributed by atoms with Crippen LogP contribution in [0.2, 0.25) is 0 Å². The summed E-state index contributed by atoms with van der Waals surface area (Å²) in [5.74, 6) is 2.55. The Morgan fingerprint density at radius 2 is 1.79 bits per heavy atom. The van der Waals surface area contributed by atoms with Gasteiger partial charge in [0.25, 0.3) is 0 Å². The normalized spacial score (nSPS) is 20.2. The Balaban J connectivity index is 1.56. The first-order valence-electron chi connectivity index (χ1n) is 8.08. The molecule has 126 valence electrons. The SMILES string of the molecule is Nc1nc(N)nc(CN2CCCC2c2ccc3c(c2)OCCO3)n1. The predicted molar refractivity (Wildman–Crippen MR) is 88.5 cm³/mol. The third-order valence-electron chi connectivity index (χ3n) is 4.38. The molecule has 2 aliphatic heterocycles. The highest BCUT2D eigenvalue weighted by molar-refractivity contribution is 5.44. The van der Waals surface area contributed by atoms with E-state index in [1.54, 1.807) is 0 Å². The second kappa shape index (κ2) is 6.12. The number of hydrogen-bond acceptors (Lipinski definition) is 8. The number of nitrogens with zero attached hydrogens (tertiary/aromatic N) is 4. The minimum atomic E-state index is 0.160. The molecule has 1 fully saturated rings. The lowest BCUT2D eigenvalue weighted by Gasteiger charge is -2.26. The van der Waals surface area contributed by atoms with E-state index in [1.165, 1.54) is 5.56 Å². The van der Waals surface area contributed by atoms with Crippen LogP contribution in [0.1, 0.15) is 30.3 Å². The highest BCUT2D eigenvalue weighted by atomic mass is 16.6. The first kappa shape index (κ1) is 14.9. The summed E-state index contributed by atoms with van der Waals surface area (Å²) in [7, 11) is 0. The number of anilines is 2. The van der Waals surface area contributed by atoms with Gasteiger partial charge in [0.15, 0.2) is 11.5 Å². The number of rotatable bonds is 3. The lowest BCUT2D eigenvalue weighted by atomic mass is 10.0. The van der Waals surface area contributed by atoms with Crippen molar-refractivity contribution in [3.8, 4) is 11.5 Å². The molecule has 0 radical (unpaired) electrons. The van der Waals surface area contributed by atoms with Crippen LogP contribution in [-0.4, -0.2) is 39.6 Å². The van der Waals surface area contributed by atoms with E-state index in [-0.39, 0.29) is 11.9 Å². The fraction of sp³-hybridized carbons (Fsp3) is 0.438. The predicted octanol–water partition coefficient (Wildman–Crippen LogP) is 1.14. The molecule has 0 aliphatic carbocycles. The maximum absolute atomic E-state index is 5.70. The van der Waals surface area contributed by atoms with E-state index >= 15 is 0 Å². The summed E-state index contributed by atoms with van der Waals surface area (Å²) in [6, 6.07) is 6.46. The van der Waals surface area contributed by atoms with Gasteiger partial charge in [0, 0.05) is 6.04 Å². The van der Waals surface area contributed by atoms with E-state index in [2.05, 4.69) is 32.0 Å². The van der Waals surface area contributed by atoms with Gasteiger partial charge in [-0.3, -0.25) is 4.90 Å². The molecule has 4 N–H and O–H groups in total. The van der Waals surface area contributed by atoms with Crippen LogP contribution >= 0.6 is 0 Å². The molecule has 8 heteroatoms. The molecule has 0 bridgehead atoms. The molecule has 24 heavy (non-hydrogen) atoms. The summed E-state index contributed by atoms with van der Waals surface area (Å²) >= 11 is 0. The van der Waals surface area contributed by atoms with Crippen molar-refractivity contribution in [3.63, 3.8) is 0 Å². The van der Waals surface area contributed by atoms with Crippen molar-refractivity contribution in [3.05, 3.63) is 29.6 Å². The lowest BCUT2D eigenvalue weighted by Crippen LogP contribution is -2.25. The van der Waals surface area contributed by atoms with Gasteiger partial charge in [0.2, 0.25) is 11.9 Å². The number of ether oxygens (including phenoxy) is 2. The molecule has 8 nitrogen and oxygen atoms in total. The molecule has 0 amide bonds. The van der Waals surface area contributed by atoms with Gasteiger partial charge in [-0.15, -0.1) is 0 Å². The van der Waals surface area contributed by atoms with E-state index in [9.17, 15) is 0 Å². The molecule has 1 saturated heterocycles. The Morgan fingerprint density at radius 3 is 2.58 bits per heavy atom. The molecule has 2 aliphatic rings. The molecular weight excluding hydrogens is 308 g/mol. The van der Waals surface area contributed by atoms with Crippen molar-refractivity contribution in [2.45, 2.75) is 25.4 Å². The zero-order valence-electron chi connectivity index (χ0n) is 13.3. The number of fused-ring (bicyclic) bond motifs is 1. The third kappa shape index (κ3) is 2.92. The summed E-state index contributed by atoms with van der Waals surface area (Å²) in [5.41, 5.74) is 12.5. The second-order valence-corrected chi connectivity index (χ2v) is 6.00. The van der Waals surface area contributed by atoms with Crippen LogP contribution in [0, 0.1) is 0 Å². The maximum Gasteiger partial charge on any atom is 0.225 e. The summed E-state index contributed by atoms with van der Waals surface area (Å²) in [5, 5.41) is 0. The van der Waals surface area contributed by atoms with E-state index in [0.717, 1.165) is 30.9 Å². The molecule has 1 aromatic heterocycles. The first-order valence-corrected chi connectivity index (χ1v) is 8.08. The summed E-state index contributed by atoms with van der Waals surface area (Å²) in [6.07, 6.45) is 2.20. The number of benzene rings is 1. The Hall–Kier alpha value is -2.61. The minimum Gasteiger partial charge on any atom is -0.486 e. The largest absolute Gasteiger partial charge is 0.486 e. The molecule has 3 heterocycles.